The highest BCUT2D eigenvalue weighted by molar-refractivity contribution is 9.11. The van der Waals surface area contributed by atoms with Gasteiger partial charge >= 0.3 is 0 Å². The predicted octanol–water partition coefficient (Wildman–Crippen LogP) is 3.01. The average Bonchev–Trinajstić information content (AvgIpc) is 2.38. The molecule has 4 nitrogen and oxygen atoms in total. The van der Waals surface area contributed by atoms with Crippen molar-refractivity contribution >= 4 is 41.9 Å². The lowest BCUT2D eigenvalue weighted by Gasteiger charge is -2.31. The molecule has 0 spiro atoms. The largest absolute Gasteiger partial charge is 0.330 e. The maximum absolute atomic E-state index is 12.5. The third-order valence-corrected chi connectivity index (χ3v) is 6.66. The van der Waals surface area contributed by atoms with Gasteiger partial charge in [-0.15, -0.1) is 0 Å². The van der Waals surface area contributed by atoms with Gasteiger partial charge in [0.1, 0.15) is 0 Å². The number of rotatable bonds is 4. The first-order valence-corrected chi connectivity index (χ1v) is 9.68. The number of halogens is 2. The molecule has 1 aliphatic rings. The Labute approximate surface area is 136 Å². The summed E-state index contributed by atoms with van der Waals surface area (Å²) < 4.78 is 29.2. The third-order valence-electron chi connectivity index (χ3n) is 3.70. The molecule has 2 rings (SSSR count). The normalized spacial score (nSPS) is 23.8. The third kappa shape index (κ3) is 3.82. The molecule has 3 N–H and O–H groups in total. The zero-order chi connectivity index (χ0) is 14.8. The van der Waals surface area contributed by atoms with E-state index in [0.717, 1.165) is 30.2 Å². The Morgan fingerprint density at radius 1 is 1.25 bits per heavy atom. The van der Waals surface area contributed by atoms with Gasteiger partial charge in [0.05, 0.1) is 4.90 Å². The summed E-state index contributed by atoms with van der Waals surface area (Å²) in [6, 6.07) is 4.99. The van der Waals surface area contributed by atoms with Crippen LogP contribution in [0.5, 0.6) is 0 Å². The molecule has 2 unspecified atom stereocenters. The summed E-state index contributed by atoms with van der Waals surface area (Å²) in [6.07, 6.45) is 4.02. The quantitative estimate of drug-likeness (QED) is 0.778. The van der Waals surface area contributed by atoms with E-state index in [4.69, 9.17) is 5.73 Å². The Balaban J connectivity index is 2.22. The van der Waals surface area contributed by atoms with Crippen molar-refractivity contribution in [3.05, 3.63) is 27.1 Å². The van der Waals surface area contributed by atoms with E-state index in [2.05, 4.69) is 36.6 Å². The van der Waals surface area contributed by atoms with Crippen molar-refractivity contribution < 1.29 is 8.42 Å². The molecule has 0 aromatic heterocycles. The number of benzene rings is 1. The molecule has 0 amide bonds. The van der Waals surface area contributed by atoms with Crippen molar-refractivity contribution in [3.63, 3.8) is 0 Å². The average molecular weight is 426 g/mol. The second-order valence-electron chi connectivity index (χ2n) is 5.08. The number of hydrogen-bond donors (Lipinski definition) is 2. The Morgan fingerprint density at radius 3 is 2.60 bits per heavy atom. The van der Waals surface area contributed by atoms with Crippen molar-refractivity contribution in [2.24, 2.45) is 11.7 Å². The number of sulfonamides is 1. The molecule has 2 atom stereocenters. The molecule has 1 saturated carbocycles. The summed E-state index contributed by atoms with van der Waals surface area (Å²) >= 11 is 6.63. The number of nitrogens with two attached hydrogens (primary N) is 1. The lowest BCUT2D eigenvalue weighted by molar-refractivity contribution is 0.296. The maximum Gasteiger partial charge on any atom is 0.241 e. The van der Waals surface area contributed by atoms with E-state index >= 15 is 0 Å². The van der Waals surface area contributed by atoms with Gasteiger partial charge in [0, 0.05) is 15.0 Å². The van der Waals surface area contributed by atoms with Gasteiger partial charge in [0.2, 0.25) is 10.0 Å². The Hall–Kier alpha value is 0.0500. The molecule has 1 aromatic carbocycles. The summed E-state index contributed by atoms with van der Waals surface area (Å²) in [5, 5.41) is 0. The molecule has 20 heavy (non-hydrogen) atoms. The molecule has 0 aliphatic heterocycles. The molecule has 1 fully saturated rings. The zero-order valence-corrected chi connectivity index (χ0v) is 15.0. The highest BCUT2D eigenvalue weighted by Gasteiger charge is 2.29. The van der Waals surface area contributed by atoms with Gasteiger partial charge in [-0.3, -0.25) is 0 Å². The van der Waals surface area contributed by atoms with Crippen LogP contribution >= 0.6 is 31.9 Å². The summed E-state index contributed by atoms with van der Waals surface area (Å²) in [5.74, 6) is 0.229. The highest BCUT2D eigenvalue weighted by Crippen LogP contribution is 2.28. The fourth-order valence-corrected chi connectivity index (χ4v) is 5.69. The first-order chi connectivity index (χ1) is 9.44. The van der Waals surface area contributed by atoms with E-state index in [-0.39, 0.29) is 16.9 Å². The van der Waals surface area contributed by atoms with Crippen LogP contribution in [0.1, 0.15) is 25.7 Å². The number of nitrogens with one attached hydrogen (secondary N) is 1. The fourth-order valence-electron chi connectivity index (χ4n) is 2.60. The van der Waals surface area contributed by atoms with Gasteiger partial charge in [-0.25, -0.2) is 13.1 Å². The van der Waals surface area contributed by atoms with Gasteiger partial charge in [-0.1, -0.05) is 28.8 Å². The second kappa shape index (κ2) is 6.87. The van der Waals surface area contributed by atoms with Gasteiger partial charge in [0.15, 0.2) is 0 Å². The van der Waals surface area contributed by atoms with E-state index in [1.807, 2.05) is 0 Å². The van der Waals surface area contributed by atoms with Gasteiger partial charge in [-0.2, -0.15) is 0 Å². The van der Waals surface area contributed by atoms with Crippen LogP contribution in [0.25, 0.3) is 0 Å². The van der Waals surface area contributed by atoms with Crippen LogP contribution in [0.15, 0.2) is 32.0 Å². The molecule has 7 heteroatoms. The minimum atomic E-state index is -3.52. The lowest BCUT2D eigenvalue weighted by atomic mass is 9.85. The van der Waals surface area contributed by atoms with E-state index in [1.54, 1.807) is 18.2 Å². The van der Waals surface area contributed by atoms with E-state index in [0.29, 0.717) is 11.0 Å². The Bertz CT molecular complexity index is 578. The highest BCUT2D eigenvalue weighted by atomic mass is 79.9. The maximum atomic E-state index is 12.5. The molecule has 1 aromatic rings. The van der Waals surface area contributed by atoms with Crippen LogP contribution in [0.4, 0.5) is 0 Å². The molecule has 0 heterocycles. The Morgan fingerprint density at radius 2 is 1.95 bits per heavy atom. The molecule has 0 bridgehead atoms. The van der Waals surface area contributed by atoms with Crippen molar-refractivity contribution in [2.75, 3.05) is 6.54 Å². The molecule has 1 aliphatic carbocycles. The monoisotopic (exact) mass is 424 g/mol. The van der Waals surface area contributed by atoms with Crippen LogP contribution in [0.2, 0.25) is 0 Å². The van der Waals surface area contributed by atoms with Crippen molar-refractivity contribution in [2.45, 2.75) is 36.6 Å². The zero-order valence-electron chi connectivity index (χ0n) is 11.0. The lowest BCUT2D eigenvalue weighted by Crippen LogP contribution is -2.44. The topological polar surface area (TPSA) is 72.2 Å². The molecule has 0 radical (unpaired) electrons. The summed E-state index contributed by atoms with van der Waals surface area (Å²) in [5.41, 5.74) is 5.75. The van der Waals surface area contributed by atoms with Gasteiger partial charge < -0.3 is 5.73 Å². The molecule has 112 valence electrons. The number of hydrogen-bond acceptors (Lipinski definition) is 3. The van der Waals surface area contributed by atoms with Crippen molar-refractivity contribution in [3.8, 4) is 0 Å². The molecular weight excluding hydrogens is 408 g/mol. The van der Waals surface area contributed by atoms with E-state index in [9.17, 15) is 8.42 Å². The molecule has 0 saturated heterocycles. The first kappa shape index (κ1) is 16.4. The minimum absolute atomic E-state index is 0.0608. The van der Waals surface area contributed by atoms with Crippen LogP contribution < -0.4 is 10.5 Å². The van der Waals surface area contributed by atoms with Gasteiger partial charge in [0.25, 0.3) is 0 Å². The summed E-state index contributed by atoms with van der Waals surface area (Å²) in [4.78, 5) is 0.266. The first-order valence-electron chi connectivity index (χ1n) is 6.61. The van der Waals surface area contributed by atoms with Gasteiger partial charge in [-0.05, 0) is 59.4 Å². The fraction of sp³-hybridized carbons (Fsp3) is 0.538. The van der Waals surface area contributed by atoms with Crippen LogP contribution in [0.3, 0.4) is 0 Å². The van der Waals surface area contributed by atoms with Crippen LogP contribution in [-0.4, -0.2) is 21.0 Å². The van der Waals surface area contributed by atoms with Crippen LogP contribution in [0, 0.1) is 5.92 Å². The predicted molar refractivity (Wildman–Crippen MR) is 87.0 cm³/mol. The summed E-state index contributed by atoms with van der Waals surface area (Å²) in [7, 11) is -3.52. The smallest absolute Gasteiger partial charge is 0.241 e. The summed E-state index contributed by atoms with van der Waals surface area (Å²) in [6.45, 7) is 0.523. The standard InChI is InChI=1S/C13H18Br2N2O2S/c14-10-5-6-13(11(15)7-10)20(18,19)17-12-4-2-1-3-9(12)8-16/h5-7,9,12,17H,1-4,8,16H2. The van der Waals surface area contributed by atoms with E-state index < -0.39 is 10.0 Å². The van der Waals surface area contributed by atoms with Crippen molar-refractivity contribution in [1.29, 1.82) is 0 Å². The van der Waals surface area contributed by atoms with E-state index in [1.165, 1.54) is 0 Å². The minimum Gasteiger partial charge on any atom is -0.330 e. The SMILES string of the molecule is NCC1CCCCC1NS(=O)(=O)c1ccc(Br)cc1Br. The second-order valence-corrected chi connectivity index (χ2v) is 8.54. The van der Waals surface area contributed by atoms with Crippen molar-refractivity contribution in [1.82, 2.24) is 4.72 Å². The van der Waals surface area contributed by atoms with Crippen LogP contribution in [-0.2, 0) is 10.0 Å². The molecular formula is C13H18Br2N2O2S. The Kier molecular flexibility index (Phi) is 5.64.